The maximum atomic E-state index is 13.0. The minimum Gasteiger partial charge on any atom is -0.493 e. The quantitative estimate of drug-likeness (QED) is 0.266. The van der Waals surface area contributed by atoms with Gasteiger partial charge < -0.3 is 18.9 Å². The van der Waals surface area contributed by atoms with Crippen molar-refractivity contribution >= 4 is 17.6 Å². The zero-order valence-corrected chi connectivity index (χ0v) is 18.4. The number of ether oxygens (including phenoxy) is 4. The highest BCUT2D eigenvalue weighted by atomic mass is 16.6. The monoisotopic (exact) mass is 463 g/mol. The summed E-state index contributed by atoms with van der Waals surface area (Å²) in [4.78, 5) is 35.8. The van der Waals surface area contributed by atoms with E-state index in [4.69, 9.17) is 18.9 Å². The number of rotatable bonds is 8. The highest BCUT2D eigenvalue weighted by Gasteiger charge is 2.40. The Labute approximate surface area is 195 Å². The molecule has 0 spiro atoms. The third-order valence-corrected chi connectivity index (χ3v) is 5.36. The maximum Gasteiger partial charge on any atom is 0.339 e. The van der Waals surface area contributed by atoms with Crippen molar-refractivity contribution in [1.82, 2.24) is 0 Å². The fourth-order valence-electron chi connectivity index (χ4n) is 3.74. The molecule has 2 atom stereocenters. The zero-order valence-electron chi connectivity index (χ0n) is 18.4. The number of esters is 2. The average molecular weight is 463 g/mol. The lowest BCUT2D eigenvalue weighted by Gasteiger charge is -2.25. The Balaban J connectivity index is 1.73. The molecule has 0 amide bonds. The maximum absolute atomic E-state index is 13.0. The van der Waals surface area contributed by atoms with E-state index in [1.54, 1.807) is 42.5 Å². The minimum atomic E-state index is -1.01. The van der Waals surface area contributed by atoms with E-state index in [-0.39, 0.29) is 11.3 Å². The summed E-state index contributed by atoms with van der Waals surface area (Å²) in [6, 6.07) is 17.0. The molecule has 174 valence electrons. The number of benzene rings is 3. The van der Waals surface area contributed by atoms with Crippen LogP contribution in [-0.2, 0) is 9.47 Å². The molecule has 1 aliphatic heterocycles. The normalized spacial score (nSPS) is 15.1. The molecule has 3 aromatic rings. The Morgan fingerprint density at radius 3 is 2.50 bits per heavy atom. The lowest BCUT2D eigenvalue weighted by molar-refractivity contribution is -0.384. The van der Waals surface area contributed by atoms with Crippen LogP contribution in [0.5, 0.6) is 11.5 Å². The van der Waals surface area contributed by atoms with Gasteiger partial charge in [-0.3, -0.25) is 10.1 Å². The molecule has 0 saturated heterocycles. The first-order chi connectivity index (χ1) is 16.4. The number of non-ortho nitro benzene ring substituents is 1. The first-order valence-electron chi connectivity index (χ1n) is 10.5. The molecule has 0 saturated carbocycles. The molecule has 9 nitrogen and oxygen atoms in total. The van der Waals surface area contributed by atoms with E-state index in [1.807, 2.05) is 6.92 Å². The van der Waals surface area contributed by atoms with Crippen molar-refractivity contribution < 1.29 is 33.5 Å². The van der Waals surface area contributed by atoms with Crippen LogP contribution in [0.25, 0.3) is 0 Å². The van der Waals surface area contributed by atoms with Gasteiger partial charge in [-0.15, -0.1) is 0 Å². The lowest BCUT2D eigenvalue weighted by Crippen LogP contribution is -2.19. The summed E-state index contributed by atoms with van der Waals surface area (Å²) < 4.78 is 22.5. The van der Waals surface area contributed by atoms with Crippen LogP contribution in [0.1, 0.15) is 51.0 Å². The van der Waals surface area contributed by atoms with E-state index in [0.717, 1.165) is 0 Å². The second kappa shape index (κ2) is 9.62. The number of nitrogens with zero attached hydrogens (tertiary/aromatic N) is 1. The molecule has 0 radical (unpaired) electrons. The number of carbonyl (C=O) groups is 2. The summed E-state index contributed by atoms with van der Waals surface area (Å²) in [5, 5.41) is 10.9. The predicted molar refractivity (Wildman–Crippen MR) is 120 cm³/mol. The van der Waals surface area contributed by atoms with E-state index in [0.29, 0.717) is 34.8 Å². The second-order valence-electron chi connectivity index (χ2n) is 7.39. The molecule has 0 unspecified atom stereocenters. The highest BCUT2D eigenvalue weighted by Crippen LogP contribution is 2.44. The SMILES string of the molecule is CCOc1cc([C@@H](OC(=O)c2ccc([N+](=O)[O-])cc2)[C@H]2OC(=O)c3ccccc32)ccc1OC. The van der Waals surface area contributed by atoms with Crippen LogP contribution in [0.4, 0.5) is 5.69 Å². The molecule has 34 heavy (non-hydrogen) atoms. The van der Waals surface area contributed by atoms with Gasteiger partial charge >= 0.3 is 11.9 Å². The van der Waals surface area contributed by atoms with E-state index in [1.165, 1.54) is 31.4 Å². The number of fused-ring (bicyclic) bond motifs is 1. The molecule has 4 rings (SSSR count). The fourth-order valence-corrected chi connectivity index (χ4v) is 3.74. The molecule has 0 aromatic heterocycles. The highest BCUT2D eigenvalue weighted by molar-refractivity contribution is 5.94. The zero-order chi connectivity index (χ0) is 24.2. The molecule has 3 aromatic carbocycles. The van der Waals surface area contributed by atoms with Gasteiger partial charge in [-0.2, -0.15) is 0 Å². The number of methoxy groups -OCH3 is 1. The van der Waals surface area contributed by atoms with Gasteiger partial charge in [0.1, 0.15) is 0 Å². The standard InChI is InChI=1S/C25H21NO8/c1-3-32-21-14-16(10-13-20(21)31-2)22(23-18-6-4-5-7-19(18)25(28)34-23)33-24(27)15-8-11-17(12-9-15)26(29)30/h4-14,22-23H,3H2,1-2H3/t22-,23+/m1/s1. The van der Waals surface area contributed by atoms with Crippen molar-refractivity contribution in [3.05, 3.63) is 99.1 Å². The Hall–Kier alpha value is -4.40. The van der Waals surface area contributed by atoms with E-state index in [9.17, 15) is 19.7 Å². The van der Waals surface area contributed by atoms with Crippen LogP contribution in [0, 0.1) is 10.1 Å². The third-order valence-electron chi connectivity index (χ3n) is 5.36. The van der Waals surface area contributed by atoms with Crippen LogP contribution >= 0.6 is 0 Å². The van der Waals surface area contributed by atoms with Gasteiger partial charge in [0, 0.05) is 23.3 Å². The smallest absolute Gasteiger partial charge is 0.339 e. The summed E-state index contributed by atoms with van der Waals surface area (Å²) in [6.45, 7) is 2.21. The Kier molecular flexibility index (Phi) is 6.44. The molecular formula is C25H21NO8. The lowest BCUT2D eigenvalue weighted by atomic mass is 9.96. The molecule has 0 N–H and O–H groups in total. The molecule has 0 bridgehead atoms. The summed E-state index contributed by atoms with van der Waals surface area (Å²) >= 11 is 0. The van der Waals surface area contributed by atoms with Crippen molar-refractivity contribution in [3.8, 4) is 11.5 Å². The van der Waals surface area contributed by atoms with Gasteiger partial charge in [0.2, 0.25) is 0 Å². The van der Waals surface area contributed by atoms with Gasteiger partial charge in [0.25, 0.3) is 5.69 Å². The van der Waals surface area contributed by atoms with Crippen molar-refractivity contribution in [1.29, 1.82) is 0 Å². The number of hydrogen-bond acceptors (Lipinski definition) is 8. The first-order valence-corrected chi connectivity index (χ1v) is 10.5. The van der Waals surface area contributed by atoms with Crippen molar-refractivity contribution in [3.63, 3.8) is 0 Å². The Morgan fingerprint density at radius 1 is 1.09 bits per heavy atom. The molecule has 1 heterocycles. The predicted octanol–water partition coefficient (Wildman–Crippen LogP) is 4.81. The second-order valence-corrected chi connectivity index (χ2v) is 7.39. The van der Waals surface area contributed by atoms with E-state index in [2.05, 4.69) is 0 Å². The van der Waals surface area contributed by atoms with Crippen molar-refractivity contribution in [2.45, 2.75) is 19.1 Å². The number of nitro benzene ring substituents is 1. The number of hydrogen-bond donors (Lipinski definition) is 0. The van der Waals surface area contributed by atoms with Gasteiger partial charge in [-0.25, -0.2) is 9.59 Å². The van der Waals surface area contributed by atoms with E-state index >= 15 is 0 Å². The average Bonchev–Trinajstić information content (AvgIpc) is 3.19. The topological polar surface area (TPSA) is 114 Å². The molecule has 1 aliphatic rings. The number of nitro groups is 1. The molecule has 9 heteroatoms. The van der Waals surface area contributed by atoms with Crippen molar-refractivity contribution in [2.24, 2.45) is 0 Å². The van der Waals surface area contributed by atoms with E-state index < -0.39 is 29.1 Å². The summed E-state index contributed by atoms with van der Waals surface area (Å²) in [6.07, 6.45) is -1.91. The van der Waals surface area contributed by atoms with Crippen LogP contribution < -0.4 is 9.47 Å². The minimum absolute atomic E-state index is 0.117. The van der Waals surface area contributed by atoms with Gasteiger partial charge in [0.15, 0.2) is 23.7 Å². The van der Waals surface area contributed by atoms with Crippen LogP contribution in [0.2, 0.25) is 0 Å². The summed E-state index contributed by atoms with van der Waals surface area (Å²) in [5.41, 5.74) is 1.47. The van der Waals surface area contributed by atoms with Gasteiger partial charge in [-0.1, -0.05) is 24.3 Å². The van der Waals surface area contributed by atoms with Crippen LogP contribution in [0.15, 0.2) is 66.7 Å². The first kappa shape index (κ1) is 22.8. The van der Waals surface area contributed by atoms with Crippen LogP contribution in [-0.4, -0.2) is 30.6 Å². The van der Waals surface area contributed by atoms with Crippen molar-refractivity contribution in [2.75, 3.05) is 13.7 Å². The number of carbonyl (C=O) groups excluding carboxylic acids is 2. The Bertz CT molecular complexity index is 1240. The number of cyclic esters (lactones) is 1. The van der Waals surface area contributed by atoms with Gasteiger partial charge in [-0.05, 0) is 37.3 Å². The molecular weight excluding hydrogens is 442 g/mol. The van der Waals surface area contributed by atoms with Gasteiger partial charge in [0.05, 0.1) is 29.8 Å². The summed E-state index contributed by atoms with van der Waals surface area (Å²) in [7, 11) is 1.51. The molecule has 0 aliphatic carbocycles. The largest absolute Gasteiger partial charge is 0.493 e. The summed E-state index contributed by atoms with van der Waals surface area (Å²) in [5.74, 6) is -0.309. The van der Waals surface area contributed by atoms with Crippen LogP contribution in [0.3, 0.4) is 0 Å². The fraction of sp³-hybridized carbons (Fsp3) is 0.200. The third kappa shape index (κ3) is 4.40. The Morgan fingerprint density at radius 2 is 1.82 bits per heavy atom. The molecule has 0 fully saturated rings.